The van der Waals surface area contributed by atoms with Gasteiger partial charge in [0.05, 0.1) is 18.8 Å². The summed E-state index contributed by atoms with van der Waals surface area (Å²) in [6.07, 6.45) is 10.6. The van der Waals surface area contributed by atoms with Crippen molar-refractivity contribution in [3.8, 4) is 0 Å². The lowest BCUT2D eigenvalue weighted by Gasteiger charge is -2.34. The second-order valence-corrected chi connectivity index (χ2v) is 7.61. The van der Waals surface area contributed by atoms with Crippen LogP contribution in [-0.2, 0) is 12.1 Å². The molecule has 0 bridgehead atoms. The number of nitro groups is 1. The van der Waals surface area contributed by atoms with E-state index < -0.39 is 28.2 Å². The van der Waals surface area contributed by atoms with Crippen LogP contribution >= 0.6 is 0 Å². The minimum Gasteiger partial charge on any atom is -0.381 e. The molecule has 34 heavy (non-hydrogen) atoms. The zero-order chi connectivity index (χ0) is 24.3. The van der Waals surface area contributed by atoms with Crippen LogP contribution in [0.2, 0.25) is 0 Å². The second-order valence-electron chi connectivity index (χ2n) is 7.61. The number of aromatic nitrogens is 6. The molecule has 3 aromatic heterocycles. The van der Waals surface area contributed by atoms with E-state index in [2.05, 4.69) is 20.2 Å². The van der Waals surface area contributed by atoms with E-state index >= 15 is 0 Å². The predicted molar refractivity (Wildman–Crippen MR) is 117 cm³/mol. The lowest BCUT2D eigenvalue weighted by atomic mass is 9.86. The van der Waals surface area contributed by atoms with Crippen molar-refractivity contribution in [2.45, 2.75) is 25.1 Å². The highest BCUT2D eigenvalue weighted by Crippen LogP contribution is 2.36. The summed E-state index contributed by atoms with van der Waals surface area (Å²) < 4.78 is 31.0. The van der Waals surface area contributed by atoms with E-state index in [1.807, 2.05) is 0 Å². The smallest absolute Gasteiger partial charge is 0.363 e. The monoisotopic (exact) mass is 467 g/mol. The van der Waals surface area contributed by atoms with Crippen LogP contribution in [0.5, 0.6) is 0 Å². The molecule has 174 valence electrons. The summed E-state index contributed by atoms with van der Waals surface area (Å²) in [4.78, 5) is 17.8. The molecule has 10 nitrogen and oxygen atoms in total. The van der Waals surface area contributed by atoms with Crippen LogP contribution in [0.15, 0.2) is 61.6 Å². The van der Waals surface area contributed by atoms with Gasteiger partial charge in [-0.15, -0.1) is 0 Å². The van der Waals surface area contributed by atoms with Gasteiger partial charge in [-0.1, -0.05) is 18.2 Å². The second kappa shape index (κ2) is 9.27. The molecule has 12 heteroatoms. The van der Waals surface area contributed by atoms with E-state index in [0.717, 1.165) is 6.07 Å². The molecule has 0 unspecified atom stereocenters. The van der Waals surface area contributed by atoms with Crippen LogP contribution in [0.25, 0.3) is 12.2 Å². The lowest BCUT2D eigenvalue weighted by molar-refractivity contribution is -0.389. The molecule has 2 atom stereocenters. The molecule has 0 fully saturated rings. The SMILES string of the molecule is C[C@@H](n1cc(C=Cc2ccc([N+](=O)[O-])nc2)cn1)[C@](O)(Cn1cncn1)c1ccc(F)cc1F. The van der Waals surface area contributed by atoms with Gasteiger partial charge in [0.1, 0.15) is 36.1 Å². The van der Waals surface area contributed by atoms with Gasteiger partial charge in [0, 0.05) is 35.0 Å². The van der Waals surface area contributed by atoms with Crippen molar-refractivity contribution in [1.82, 2.24) is 29.5 Å². The molecule has 0 amide bonds. The van der Waals surface area contributed by atoms with Crippen molar-refractivity contribution in [2.24, 2.45) is 0 Å². The maximum atomic E-state index is 14.7. The Hall–Kier alpha value is -4.32. The predicted octanol–water partition coefficient (Wildman–Crippen LogP) is 3.38. The van der Waals surface area contributed by atoms with Gasteiger partial charge in [-0.3, -0.25) is 4.68 Å². The average molecular weight is 467 g/mol. The zero-order valence-electron chi connectivity index (χ0n) is 17.9. The Kier molecular flexibility index (Phi) is 6.23. The van der Waals surface area contributed by atoms with Gasteiger partial charge in [0.15, 0.2) is 0 Å². The summed E-state index contributed by atoms with van der Waals surface area (Å²) in [7, 11) is 0. The van der Waals surface area contributed by atoms with Crippen LogP contribution in [0.3, 0.4) is 0 Å². The summed E-state index contributed by atoms with van der Waals surface area (Å²) in [5, 5.41) is 30.7. The number of pyridine rings is 1. The number of benzene rings is 1. The molecule has 0 radical (unpaired) electrons. The number of rotatable bonds is 8. The minimum absolute atomic E-state index is 0.110. The maximum Gasteiger partial charge on any atom is 0.363 e. The minimum atomic E-state index is -1.85. The Morgan fingerprint density at radius 1 is 1.18 bits per heavy atom. The van der Waals surface area contributed by atoms with Gasteiger partial charge in [0.2, 0.25) is 0 Å². The maximum absolute atomic E-state index is 14.7. The highest BCUT2D eigenvalue weighted by atomic mass is 19.1. The summed E-state index contributed by atoms with van der Waals surface area (Å²) in [6, 6.07) is 5.05. The summed E-state index contributed by atoms with van der Waals surface area (Å²) in [6.45, 7) is 1.50. The van der Waals surface area contributed by atoms with E-state index in [1.54, 1.807) is 37.5 Å². The Labute approximate surface area is 192 Å². The number of nitrogens with zero attached hydrogens (tertiary/aromatic N) is 7. The van der Waals surface area contributed by atoms with Crippen LogP contribution in [0, 0.1) is 21.7 Å². The molecule has 0 aliphatic carbocycles. The molecular formula is C22H19F2N7O3. The first-order valence-electron chi connectivity index (χ1n) is 10.1. The summed E-state index contributed by atoms with van der Waals surface area (Å²) >= 11 is 0. The average Bonchev–Trinajstić information content (AvgIpc) is 3.49. The van der Waals surface area contributed by atoms with Gasteiger partial charge in [-0.2, -0.15) is 10.2 Å². The number of hydrogen-bond acceptors (Lipinski definition) is 7. The highest BCUT2D eigenvalue weighted by molar-refractivity contribution is 5.68. The van der Waals surface area contributed by atoms with E-state index in [9.17, 15) is 24.0 Å². The van der Waals surface area contributed by atoms with Gasteiger partial charge in [-0.25, -0.2) is 18.4 Å². The third kappa shape index (κ3) is 4.71. The first-order chi connectivity index (χ1) is 16.3. The Balaban J connectivity index is 1.62. The number of halogens is 2. The quantitative estimate of drug-likeness (QED) is 0.311. The largest absolute Gasteiger partial charge is 0.381 e. The van der Waals surface area contributed by atoms with E-state index in [1.165, 1.54) is 40.3 Å². The first kappa shape index (κ1) is 22.9. The Bertz CT molecular complexity index is 1320. The Morgan fingerprint density at radius 3 is 2.62 bits per heavy atom. The molecule has 3 heterocycles. The van der Waals surface area contributed by atoms with E-state index in [-0.39, 0.29) is 17.9 Å². The fraction of sp³-hybridized carbons (Fsp3) is 0.182. The van der Waals surface area contributed by atoms with Crippen molar-refractivity contribution in [1.29, 1.82) is 0 Å². The van der Waals surface area contributed by atoms with Crippen molar-refractivity contribution in [3.05, 3.63) is 100 Å². The molecule has 0 aliphatic heterocycles. The molecule has 0 saturated carbocycles. The van der Waals surface area contributed by atoms with Crippen molar-refractivity contribution >= 4 is 18.0 Å². The fourth-order valence-electron chi connectivity index (χ4n) is 3.51. The molecule has 4 rings (SSSR count). The van der Waals surface area contributed by atoms with Crippen LogP contribution in [0.1, 0.15) is 29.7 Å². The van der Waals surface area contributed by atoms with Crippen molar-refractivity contribution in [2.75, 3.05) is 0 Å². The van der Waals surface area contributed by atoms with Crippen LogP contribution in [0.4, 0.5) is 14.6 Å². The van der Waals surface area contributed by atoms with E-state index in [4.69, 9.17) is 0 Å². The normalized spacial score (nSPS) is 14.2. The van der Waals surface area contributed by atoms with Crippen LogP contribution in [-0.4, -0.2) is 39.6 Å². The molecule has 1 aromatic carbocycles. The molecule has 0 spiro atoms. The molecule has 1 N–H and O–H groups in total. The first-order valence-corrected chi connectivity index (χ1v) is 10.1. The number of aliphatic hydroxyl groups is 1. The standard InChI is InChI=1S/C22H19F2N7O3/c1-15(22(32,12-29-14-25-13-28-29)19-6-5-18(23)8-20(19)24)30-11-17(10-27-30)3-2-16-4-7-21(26-9-16)31(33)34/h2-11,13-15,32H,12H2,1H3/t15-,22-/m1/s1. The zero-order valence-corrected chi connectivity index (χ0v) is 17.9. The lowest BCUT2D eigenvalue weighted by Crippen LogP contribution is -2.40. The van der Waals surface area contributed by atoms with Crippen molar-refractivity contribution < 1.29 is 18.8 Å². The molecular weight excluding hydrogens is 448 g/mol. The number of hydrogen-bond donors (Lipinski definition) is 1. The summed E-state index contributed by atoms with van der Waals surface area (Å²) in [5.74, 6) is -1.91. The molecule has 0 aliphatic rings. The molecule has 0 saturated heterocycles. The molecule has 4 aromatic rings. The van der Waals surface area contributed by atoms with Gasteiger partial charge in [-0.05, 0) is 29.0 Å². The van der Waals surface area contributed by atoms with Gasteiger partial charge in [0.25, 0.3) is 0 Å². The van der Waals surface area contributed by atoms with Crippen molar-refractivity contribution in [3.63, 3.8) is 0 Å². The highest BCUT2D eigenvalue weighted by Gasteiger charge is 2.40. The van der Waals surface area contributed by atoms with E-state index in [0.29, 0.717) is 17.2 Å². The Morgan fingerprint density at radius 2 is 1.97 bits per heavy atom. The van der Waals surface area contributed by atoms with Gasteiger partial charge < -0.3 is 15.2 Å². The van der Waals surface area contributed by atoms with Crippen LogP contribution < -0.4 is 0 Å². The van der Waals surface area contributed by atoms with Gasteiger partial charge >= 0.3 is 5.82 Å². The fourth-order valence-corrected chi connectivity index (χ4v) is 3.51. The third-order valence-corrected chi connectivity index (χ3v) is 5.40. The third-order valence-electron chi connectivity index (χ3n) is 5.40. The summed E-state index contributed by atoms with van der Waals surface area (Å²) in [5.41, 5.74) is -0.655. The topological polar surface area (TPSA) is 125 Å².